The monoisotopic (exact) mass is 678 g/mol. The molecular formula is C39H42N4O7. The number of aromatic amines is 1. The molecule has 4 aromatic carbocycles. The average molecular weight is 679 g/mol. The van der Waals surface area contributed by atoms with Gasteiger partial charge in [0.25, 0.3) is 5.69 Å². The van der Waals surface area contributed by atoms with Crippen LogP contribution in [0.4, 0.5) is 5.69 Å². The molecule has 5 rings (SSSR count). The molecule has 11 nitrogen and oxygen atoms in total. The molecule has 50 heavy (non-hydrogen) atoms. The number of aryl methyl sites for hydroxylation is 8. The topological polar surface area (TPSA) is 162 Å². The Hall–Kier alpha value is -6.23. The molecule has 0 unspecified atom stereocenters. The number of nitrogens with zero attached hydrogens (tertiary/aromatic N) is 3. The minimum Gasteiger partial charge on any atom is -0.361 e. The van der Waals surface area contributed by atoms with E-state index in [0.717, 1.165) is 46.4 Å². The molecular weight excluding hydrogens is 636 g/mol. The Balaban J connectivity index is 0.000000235. The number of rotatable bonds is 6. The van der Waals surface area contributed by atoms with Gasteiger partial charge < -0.3 is 4.98 Å². The summed E-state index contributed by atoms with van der Waals surface area (Å²) in [6, 6.07) is 20.9. The molecule has 0 aliphatic rings. The van der Waals surface area contributed by atoms with Crippen molar-refractivity contribution in [3.05, 3.63) is 177 Å². The smallest absolute Gasteiger partial charge is 0.277 e. The van der Waals surface area contributed by atoms with E-state index in [1.165, 1.54) is 50.9 Å². The van der Waals surface area contributed by atoms with Gasteiger partial charge in [0.05, 0.1) is 20.3 Å². The summed E-state index contributed by atoms with van der Waals surface area (Å²) in [5.74, 6) is 0. The number of nitro groups is 3. The van der Waals surface area contributed by atoms with E-state index in [0.29, 0.717) is 6.20 Å². The fourth-order valence-electron chi connectivity index (χ4n) is 4.43. The first-order valence-electron chi connectivity index (χ1n) is 15.5. The van der Waals surface area contributed by atoms with Gasteiger partial charge in [-0.1, -0.05) is 30.3 Å². The molecule has 1 N–H and O–H groups in total. The van der Waals surface area contributed by atoms with Crippen LogP contribution in [0.15, 0.2) is 85.3 Å². The summed E-state index contributed by atoms with van der Waals surface area (Å²) in [4.78, 5) is 42.7. The lowest BCUT2D eigenvalue weighted by Crippen LogP contribution is -1.95. The Labute approximate surface area is 291 Å². The molecule has 0 amide bonds. The van der Waals surface area contributed by atoms with Crippen LogP contribution in [0.5, 0.6) is 0 Å². The summed E-state index contributed by atoms with van der Waals surface area (Å²) >= 11 is 0. The SMILES string of the molecule is Cc1cc(/C=C/[N+](=O)[O-])c([N+](=O)[O-])cc1C.Cc1cc2cc[nH]c2cc1C.Cc1ccc(/C=C/[N+](=O)[O-])cc1C.Cc1ccc(C=O)cc1C. The van der Waals surface area contributed by atoms with E-state index in [4.69, 9.17) is 0 Å². The van der Waals surface area contributed by atoms with Crippen molar-refractivity contribution in [3.8, 4) is 0 Å². The molecule has 1 heterocycles. The van der Waals surface area contributed by atoms with E-state index in [1.807, 2.05) is 70.3 Å². The van der Waals surface area contributed by atoms with Crippen molar-refractivity contribution in [1.82, 2.24) is 4.98 Å². The second kappa shape index (κ2) is 18.9. The molecule has 0 radical (unpaired) electrons. The van der Waals surface area contributed by atoms with Crippen molar-refractivity contribution in [2.45, 2.75) is 55.4 Å². The van der Waals surface area contributed by atoms with E-state index in [2.05, 4.69) is 37.0 Å². The molecule has 0 saturated heterocycles. The Kier molecular flexibility index (Phi) is 15.1. The molecule has 0 saturated carbocycles. The summed E-state index contributed by atoms with van der Waals surface area (Å²) in [6.07, 6.45) is 7.11. The van der Waals surface area contributed by atoms with Gasteiger partial charge in [-0.05, 0) is 141 Å². The number of fused-ring (bicyclic) bond motifs is 1. The fourth-order valence-corrected chi connectivity index (χ4v) is 4.43. The van der Waals surface area contributed by atoms with Gasteiger partial charge in [0, 0.05) is 35.5 Å². The minimum atomic E-state index is -0.654. The van der Waals surface area contributed by atoms with E-state index in [1.54, 1.807) is 19.9 Å². The van der Waals surface area contributed by atoms with Gasteiger partial charge in [0.2, 0.25) is 12.4 Å². The van der Waals surface area contributed by atoms with Crippen molar-refractivity contribution < 1.29 is 19.6 Å². The van der Waals surface area contributed by atoms with Crippen LogP contribution in [-0.2, 0) is 0 Å². The number of nitrogens with one attached hydrogen (secondary N) is 1. The molecule has 11 heteroatoms. The fraction of sp³-hybridized carbons (Fsp3) is 0.205. The van der Waals surface area contributed by atoms with E-state index in [9.17, 15) is 35.1 Å². The second-order valence-corrected chi connectivity index (χ2v) is 11.8. The van der Waals surface area contributed by atoms with Gasteiger partial charge in [-0.25, -0.2) is 0 Å². The first-order valence-corrected chi connectivity index (χ1v) is 15.5. The third-order valence-electron chi connectivity index (χ3n) is 7.97. The molecule has 0 aliphatic carbocycles. The molecule has 0 fully saturated rings. The Bertz CT molecular complexity index is 2020. The van der Waals surface area contributed by atoms with Crippen LogP contribution in [0.1, 0.15) is 66.0 Å². The minimum absolute atomic E-state index is 0.124. The van der Waals surface area contributed by atoms with E-state index >= 15 is 0 Å². The van der Waals surface area contributed by atoms with Crippen molar-refractivity contribution >= 4 is 35.0 Å². The number of nitro benzene ring substituents is 1. The normalized spacial score (nSPS) is 10.4. The van der Waals surface area contributed by atoms with E-state index in [-0.39, 0.29) is 11.3 Å². The Morgan fingerprint density at radius 1 is 0.540 bits per heavy atom. The third kappa shape index (κ3) is 12.8. The number of aldehydes is 1. The van der Waals surface area contributed by atoms with Crippen molar-refractivity contribution in [2.24, 2.45) is 0 Å². The van der Waals surface area contributed by atoms with Crippen LogP contribution in [0.2, 0.25) is 0 Å². The standard InChI is InChI=1S/C10H10N2O4.C10H11NO2.C10H11N.C9H10O/c1-7-5-9(3-4-11(13)14)10(12(15)16)6-8(7)2;1-8-3-4-10(7-9(8)2)5-6-11(12)13;1-7-5-9-3-4-11-10(9)6-8(7)2;1-7-3-4-9(6-10)5-8(7)2/h3-6H,1-2H3;3-7H,1-2H3;3-6,11H,1-2H3;3-6H,1-2H3/b4-3+;6-5+;;. The van der Waals surface area contributed by atoms with Crippen molar-refractivity contribution in [2.75, 3.05) is 0 Å². The zero-order valence-electron chi connectivity index (χ0n) is 29.5. The number of benzene rings is 4. The summed E-state index contributed by atoms with van der Waals surface area (Å²) in [5.41, 5.74) is 12.0. The predicted octanol–water partition coefficient (Wildman–Crippen LogP) is 9.91. The maximum atomic E-state index is 10.7. The molecule has 0 spiro atoms. The largest absolute Gasteiger partial charge is 0.361 e. The number of carbonyl (C=O) groups is 1. The maximum absolute atomic E-state index is 10.7. The molecule has 0 atom stereocenters. The quantitative estimate of drug-likeness (QED) is 0.106. The van der Waals surface area contributed by atoms with E-state index < -0.39 is 14.8 Å². The maximum Gasteiger partial charge on any atom is 0.277 e. The number of carbonyl (C=O) groups excluding carboxylic acids is 1. The lowest BCUT2D eigenvalue weighted by atomic mass is 10.0. The lowest BCUT2D eigenvalue weighted by molar-refractivity contribution is -0.401. The zero-order valence-corrected chi connectivity index (χ0v) is 29.5. The summed E-state index contributed by atoms with van der Waals surface area (Å²) < 4.78 is 0. The molecule has 0 bridgehead atoms. The second-order valence-electron chi connectivity index (χ2n) is 11.8. The van der Waals surface area contributed by atoms with Crippen LogP contribution in [0.3, 0.4) is 0 Å². The van der Waals surface area contributed by atoms with Crippen LogP contribution in [0.25, 0.3) is 23.1 Å². The lowest BCUT2D eigenvalue weighted by Gasteiger charge is -2.02. The molecule has 5 aromatic rings. The molecule has 1 aromatic heterocycles. The predicted molar refractivity (Wildman–Crippen MR) is 200 cm³/mol. The third-order valence-corrected chi connectivity index (χ3v) is 7.97. The van der Waals surface area contributed by atoms with Gasteiger partial charge in [0.1, 0.15) is 6.29 Å². The van der Waals surface area contributed by atoms with Crippen LogP contribution in [-0.4, -0.2) is 26.0 Å². The van der Waals surface area contributed by atoms with Crippen molar-refractivity contribution in [1.29, 1.82) is 0 Å². The molecule has 260 valence electrons. The van der Waals surface area contributed by atoms with Gasteiger partial charge in [-0.2, -0.15) is 0 Å². The summed E-state index contributed by atoms with van der Waals surface area (Å²) in [5, 5.41) is 32.2. The van der Waals surface area contributed by atoms with Gasteiger partial charge in [-0.3, -0.25) is 35.1 Å². The number of hydrogen-bond donors (Lipinski definition) is 1. The van der Waals surface area contributed by atoms with Crippen LogP contribution in [0, 0.1) is 85.7 Å². The number of H-pyrrole nitrogens is 1. The Morgan fingerprint density at radius 2 is 1.02 bits per heavy atom. The highest BCUT2D eigenvalue weighted by atomic mass is 16.6. The summed E-state index contributed by atoms with van der Waals surface area (Å²) in [7, 11) is 0. The first kappa shape index (κ1) is 39.9. The van der Waals surface area contributed by atoms with Crippen LogP contribution >= 0.6 is 0 Å². The number of aromatic nitrogens is 1. The zero-order chi connectivity index (χ0) is 37.5. The van der Waals surface area contributed by atoms with Gasteiger partial charge in [-0.15, -0.1) is 0 Å². The first-order chi connectivity index (χ1) is 23.5. The van der Waals surface area contributed by atoms with Crippen molar-refractivity contribution in [3.63, 3.8) is 0 Å². The van der Waals surface area contributed by atoms with Gasteiger partial charge >= 0.3 is 0 Å². The molecule has 0 aliphatic heterocycles. The highest BCUT2D eigenvalue weighted by Crippen LogP contribution is 2.24. The average Bonchev–Trinajstić information content (AvgIpc) is 3.51. The highest BCUT2D eigenvalue weighted by Gasteiger charge is 2.14. The van der Waals surface area contributed by atoms with Crippen LogP contribution < -0.4 is 0 Å². The Morgan fingerprint density at radius 3 is 1.56 bits per heavy atom. The van der Waals surface area contributed by atoms with Gasteiger partial charge in [0.15, 0.2) is 0 Å². The number of hydrogen-bond acceptors (Lipinski definition) is 7. The summed E-state index contributed by atoms with van der Waals surface area (Å²) in [6.45, 7) is 15.9. The highest BCUT2D eigenvalue weighted by molar-refractivity contribution is 5.81.